The van der Waals surface area contributed by atoms with Crippen LogP contribution in [0, 0.1) is 35.5 Å². The average Bonchev–Trinajstić information content (AvgIpc) is 3.51. The van der Waals surface area contributed by atoms with Gasteiger partial charge in [0.15, 0.2) is 0 Å². The first-order chi connectivity index (χ1) is 13.7. The molecule has 6 unspecified atom stereocenters. The van der Waals surface area contributed by atoms with Crippen LogP contribution in [0.3, 0.4) is 0 Å². The van der Waals surface area contributed by atoms with Crippen molar-refractivity contribution in [3.8, 4) is 5.75 Å². The molecule has 2 saturated carbocycles. The number of hydrogen-bond donors (Lipinski definition) is 0. The van der Waals surface area contributed by atoms with Crippen molar-refractivity contribution in [1.82, 2.24) is 5.01 Å². The van der Waals surface area contributed by atoms with Crippen molar-refractivity contribution >= 4 is 28.8 Å². The van der Waals surface area contributed by atoms with Gasteiger partial charge in [-0.15, -0.1) is 0 Å². The number of nitrogens with zero attached hydrogens (tertiary/aromatic N) is 2. The molecule has 4 aliphatic carbocycles. The highest BCUT2D eigenvalue weighted by molar-refractivity contribution is 6.08. The predicted octanol–water partition coefficient (Wildman–Crippen LogP) is 3.24. The Morgan fingerprint density at radius 2 is 1.68 bits per heavy atom. The number of methoxy groups -OCH3 is 1. The van der Waals surface area contributed by atoms with Crippen LogP contribution in [0.2, 0.25) is 0 Å². The SMILES string of the molecule is COc1ccc2ccccc2c1/C=N/N1C(=O)C2C3C=CC(C4CC34)C2C1=O. The lowest BCUT2D eigenvalue weighted by Gasteiger charge is -2.37. The highest BCUT2D eigenvalue weighted by atomic mass is 16.5. The number of rotatable bonds is 3. The number of benzene rings is 2. The molecular weight excluding hydrogens is 352 g/mol. The molecule has 1 saturated heterocycles. The molecule has 0 N–H and O–H groups in total. The van der Waals surface area contributed by atoms with Crippen LogP contribution >= 0.6 is 0 Å². The Balaban J connectivity index is 1.38. The van der Waals surface area contributed by atoms with E-state index < -0.39 is 0 Å². The van der Waals surface area contributed by atoms with Gasteiger partial charge < -0.3 is 4.74 Å². The number of amides is 2. The van der Waals surface area contributed by atoms with Crippen LogP contribution in [0.4, 0.5) is 0 Å². The van der Waals surface area contributed by atoms with Gasteiger partial charge in [-0.1, -0.05) is 42.5 Å². The van der Waals surface area contributed by atoms with E-state index in [1.807, 2.05) is 36.4 Å². The lowest BCUT2D eigenvalue weighted by Crippen LogP contribution is -2.40. The third-order valence-electron chi connectivity index (χ3n) is 7.09. The second kappa shape index (κ2) is 5.53. The molecule has 2 aromatic rings. The van der Waals surface area contributed by atoms with Crippen LogP contribution in [0.25, 0.3) is 10.8 Å². The van der Waals surface area contributed by atoms with Crippen LogP contribution in [0.5, 0.6) is 5.75 Å². The van der Waals surface area contributed by atoms with Crippen molar-refractivity contribution < 1.29 is 14.3 Å². The van der Waals surface area contributed by atoms with Crippen LogP contribution in [0.15, 0.2) is 53.7 Å². The Morgan fingerprint density at radius 3 is 2.36 bits per heavy atom. The lowest BCUT2D eigenvalue weighted by atomic mass is 9.63. The van der Waals surface area contributed by atoms with Crippen molar-refractivity contribution in [1.29, 1.82) is 0 Å². The molecule has 140 valence electrons. The van der Waals surface area contributed by atoms with E-state index in [0.717, 1.165) is 27.8 Å². The van der Waals surface area contributed by atoms with Crippen LogP contribution in [-0.4, -0.2) is 30.1 Å². The molecule has 1 aliphatic heterocycles. The molecule has 7 rings (SSSR count). The Labute approximate surface area is 162 Å². The van der Waals surface area contributed by atoms with Crippen molar-refractivity contribution in [3.05, 3.63) is 54.1 Å². The van der Waals surface area contributed by atoms with Crippen molar-refractivity contribution in [2.75, 3.05) is 7.11 Å². The number of ether oxygens (including phenoxy) is 1. The zero-order valence-electron chi connectivity index (χ0n) is 15.5. The second-order valence-corrected chi connectivity index (χ2v) is 8.29. The number of imide groups is 1. The molecule has 2 bridgehead atoms. The summed E-state index contributed by atoms with van der Waals surface area (Å²) in [7, 11) is 1.61. The van der Waals surface area contributed by atoms with E-state index in [4.69, 9.17) is 4.74 Å². The zero-order chi connectivity index (χ0) is 19.0. The number of carbonyl (C=O) groups excluding carboxylic acids is 2. The third kappa shape index (κ3) is 1.99. The van der Waals surface area contributed by atoms with Crippen LogP contribution < -0.4 is 4.74 Å². The van der Waals surface area contributed by atoms with Crippen molar-refractivity contribution in [2.45, 2.75) is 6.42 Å². The molecule has 0 aromatic heterocycles. The zero-order valence-corrected chi connectivity index (χ0v) is 15.5. The first-order valence-electron chi connectivity index (χ1n) is 9.85. The summed E-state index contributed by atoms with van der Waals surface area (Å²) in [4.78, 5) is 26.1. The predicted molar refractivity (Wildman–Crippen MR) is 105 cm³/mol. The standard InChI is InChI=1S/C23H20N2O3/c1-28-19-9-6-12-4-2-3-5-13(12)18(19)11-24-25-22(26)20-14-7-8-15(17-10-16(14)17)21(20)23(25)27/h2-9,11,14-17,20-21H,10H2,1H3/b24-11+. The number of allylic oxidation sites excluding steroid dienone is 2. The average molecular weight is 372 g/mol. The van der Waals surface area contributed by atoms with E-state index in [0.29, 0.717) is 17.6 Å². The Kier molecular flexibility index (Phi) is 3.17. The van der Waals surface area contributed by atoms with Gasteiger partial charge in [0, 0.05) is 5.56 Å². The van der Waals surface area contributed by atoms with Gasteiger partial charge in [0.25, 0.3) is 11.8 Å². The van der Waals surface area contributed by atoms with Gasteiger partial charge in [-0.05, 0) is 46.9 Å². The van der Waals surface area contributed by atoms with Gasteiger partial charge in [-0.3, -0.25) is 9.59 Å². The molecule has 2 amide bonds. The highest BCUT2D eigenvalue weighted by Gasteiger charge is 2.67. The fourth-order valence-corrected chi connectivity index (χ4v) is 5.76. The summed E-state index contributed by atoms with van der Waals surface area (Å²) in [6, 6.07) is 11.8. The molecule has 5 heteroatoms. The Morgan fingerprint density at radius 1 is 1.00 bits per heavy atom. The molecule has 28 heavy (non-hydrogen) atoms. The lowest BCUT2D eigenvalue weighted by molar-refractivity contribution is -0.140. The maximum atomic E-state index is 13.1. The quantitative estimate of drug-likeness (QED) is 0.472. The summed E-state index contributed by atoms with van der Waals surface area (Å²) in [6.45, 7) is 0. The van der Waals surface area contributed by atoms with E-state index >= 15 is 0 Å². The van der Waals surface area contributed by atoms with Gasteiger partial charge in [0.05, 0.1) is 25.2 Å². The maximum absolute atomic E-state index is 13.1. The molecular formula is C23H20N2O3. The molecule has 1 heterocycles. The molecule has 6 atom stereocenters. The molecule has 5 aliphatic rings. The molecule has 0 spiro atoms. The van der Waals surface area contributed by atoms with E-state index in [9.17, 15) is 9.59 Å². The van der Waals surface area contributed by atoms with Gasteiger partial charge in [0.1, 0.15) is 5.75 Å². The first-order valence-corrected chi connectivity index (χ1v) is 9.85. The maximum Gasteiger partial charge on any atom is 0.254 e. The fourth-order valence-electron chi connectivity index (χ4n) is 5.76. The minimum atomic E-state index is -0.224. The number of hydrogen-bond acceptors (Lipinski definition) is 4. The van der Waals surface area contributed by atoms with Gasteiger partial charge in [-0.25, -0.2) is 0 Å². The van der Waals surface area contributed by atoms with E-state index in [1.165, 1.54) is 0 Å². The number of carbonyl (C=O) groups is 2. The summed E-state index contributed by atoms with van der Waals surface area (Å²) < 4.78 is 5.49. The van der Waals surface area contributed by atoms with Gasteiger partial charge >= 0.3 is 0 Å². The first kappa shape index (κ1) is 16.0. The molecule has 3 fully saturated rings. The smallest absolute Gasteiger partial charge is 0.254 e. The minimum absolute atomic E-state index is 0.143. The second-order valence-electron chi connectivity index (χ2n) is 8.29. The highest BCUT2D eigenvalue weighted by Crippen LogP contribution is 2.65. The summed E-state index contributed by atoms with van der Waals surface area (Å²) in [5.74, 6) is 1.54. The normalized spacial score (nSPS) is 35.0. The van der Waals surface area contributed by atoms with Gasteiger partial charge in [0.2, 0.25) is 0 Å². The molecule has 2 aromatic carbocycles. The van der Waals surface area contributed by atoms with Crippen molar-refractivity contribution in [3.63, 3.8) is 0 Å². The summed E-state index contributed by atoms with van der Waals surface area (Å²) in [5, 5.41) is 7.53. The van der Waals surface area contributed by atoms with Crippen LogP contribution in [0.1, 0.15) is 12.0 Å². The van der Waals surface area contributed by atoms with Crippen molar-refractivity contribution in [2.24, 2.45) is 40.6 Å². The fraction of sp³-hybridized carbons (Fsp3) is 0.348. The monoisotopic (exact) mass is 372 g/mol. The van der Waals surface area contributed by atoms with E-state index in [-0.39, 0.29) is 35.5 Å². The summed E-state index contributed by atoms with van der Waals surface area (Å²) >= 11 is 0. The van der Waals surface area contributed by atoms with E-state index in [1.54, 1.807) is 13.3 Å². The van der Waals surface area contributed by atoms with E-state index in [2.05, 4.69) is 17.3 Å². The minimum Gasteiger partial charge on any atom is -0.496 e. The Bertz CT molecular complexity index is 1050. The third-order valence-corrected chi connectivity index (χ3v) is 7.09. The molecule has 0 radical (unpaired) electrons. The summed E-state index contributed by atoms with van der Waals surface area (Å²) in [5.41, 5.74) is 0.778. The molecule has 5 nitrogen and oxygen atoms in total. The van der Waals surface area contributed by atoms with Gasteiger partial charge in [-0.2, -0.15) is 10.1 Å². The number of fused-ring (bicyclic) bond motifs is 1. The number of hydrazone groups is 1. The largest absolute Gasteiger partial charge is 0.496 e. The summed E-state index contributed by atoms with van der Waals surface area (Å²) in [6.07, 6.45) is 7.11. The van der Waals surface area contributed by atoms with Crippen LogP contribution in [-0.2, 0) is 9.59 Å². The Hall–Kier alpha value is -2.95. The topological polar surface area (TPSA) is 59.0 Å².